The van der Waals surface area contributed by atoms with Crippen LogP contribution in [0.15, 0.2) is 60.7 Å². The Labute approximate surface area is 106 Å². The van der Waals surface area contributed by atoms with E-state index in [-0.39, 0.29) is 6.10 Å². The molecule has 0 fully saturated rings. The Hall–Kier alpha value is -1.38. The van der Waals surface area contributed by atoms with Gasteiger partial charge in [0, 0.05) is 0 Å². The van der Waals surface area contributed by atoms with Gasteiger partial charge in [-0.2, -0.15) is 0 Å². The van der Waals surface area contributed by atoms with Crippen molar-refractivity contribution in [2.75, 3.05) is 0 Å². The molecule has 0 bridgehead atoms. The number of benzene rings is 2. The lowest BCUT2D eigenvalue weighted by molar-refractivity contribution is 0.215. The molecule has 2 aromatic rings. The first-order valence-electron chi connectivity index (χ1n) is 6.02. The zero-order chi connectivity index (χ0) is 11.9. The predicted molar refractivity (Wildman–Crippen MR) is 75.0 cm³/mol. The summed E-state index contributed by atoms with van der Waals surface area (Å²) in [5, 5.41) is 0. The molecule has 17 heavy (non-hydrogen) atoms. The van der Waals surface area contributed by atoms with Crippen molar-refractivity contribution in [3.05, 3.63) is 71.8 Å². The molecule has 1 atom stereocenters. The largest absolute Gasteiger partial charge is 0.421 e. The lowest BCUT2D eigenvalue weighted by atomic mass is 10.0. The Kier molecular flexibility index (Phi) is 4.53. The molecule has 0 heterocycles. The van der Waals surface area contributed by atoms with Crippen LogP contribution in [0.5, 0.6) is 0 Å². The molecule has 2 heteroatoms. The minimum Gasteiger partial charge on any atom is -0.421 e. The Morgan fingerprint density at radius 1 is 0.882 bits per heavy atom. The monoisotopic (exact) mass is 242 g/mol. The van der Waals surface area contributed by atoms with Gasteiger partial charge < -0.3 is 4.43 Å². The second kappa shape index (κ2) is 6.38. The third-order valence-electron chi connectivity index (χ3n) is 2.99. The normalized spacial score (nSPS) is 12.5. The maximum absolute atomic E-state index is 5.70. The quantitative estimate of drug-likeness (QED) is 0.733. The van der Waals surface area contributed by atoms with E-state index < -0.39 is 0 Å². The summed E-state index contributed by atoms with van der Waals surface area (Å²) in [4.78, 5) is 0. The zero-order valence-electron chi connectivity index (χ0n) is 10.2. The lowest BCUT2D eigenvalue weighted by Crippen LogP contribution is -2.03. The molecule has 1 nitrogen and oxygen atoms in total. The first-order chi connectivity index (χ1) is 8.40. The predicted octanol–water partition coefficient (Wildman–Crippen LogP) is 2.66. The van der Waals surface area contributed by atoms with Gasteiger partial charge in [0.2, 0.25) is 0 Å². The van der Waals surface area contributed by atoms with Crippen LogP contribution in [0, 0.1) is 0 Å². The van der Waals surface area contributed by atoms with Crippen molar-refractivity contribution in [3.63, 3.8) is 0 Å². The van der Waals surface area contributed by atoms with E-state index >= 15 is 0 Å². The van der Waals surface area contributed by atoms with Crippen LogP contribution in [0.4, 0.5) is 0 Å². The SMILES string of the molecule is [SiH3]OC(CCc1ccccc1)c1ccccc1. The van der Waals surface area contributed by atoms with Gasteiger partial charge in [0.25, 0.3) is 0 Å². The molecule has 0 radical (unpaired) electrons. The molecular formula is C15H18OSi. The van der Waals surface area contributed by atoms with Gasteiger partial charge in [0.1, 0.15) is 10.5 Å². The number of hydrogen-bond acceptors (Lipinski definition) is 1. The summed E-state index contributed by atoms with van der Waals surface area (Å²) in [5.74, 6) is 0. The molecule has 0 aliphatic heterocycles. The van der Waals surface area contributed by atoms with Gasteiger partial charge in [-0.05, 0) is 24.0 Å². The first kappa shape index (κ1) is 12.1. The van der Waals surface area contributed by atoms with E-state index in [4.69, 9.17) is 4.43 Å². The highest BCUT2D eigenvalue weighted by atomic mass is 28.2. The maximum atomic E-state index is 5.70. The second-order valence-corrected chi connectivity index (χ2v) is 4.63. The fourth-order valence-corrected chi connectivity index (χ4v) is 2.54. The molecule has 1 unspecified atom stereocenters. The summed E-state index contributed by atoms with van der Waals surface area (Å²) >= 11 is 0. The molecule has 0 aromatic heterocycles. The van der Waals surface area contributed by atoms with Crippen LogP contribution < -0.4 is 0 Å². The third-order valence-corrected chi connectivity index (χ3v) is 3.56. The molecule has 0 aliphatic rings. The zero-order valence-corrected chi connectivity index (χ0v) is 12.2. The van der Waals surface area contributed by atoms with Crippen molar-refractivity contribution in [1.29, 1.82) is 0 Å². The summed E-state index contributed by atoms with van der Waals surface area (Å²) in [6.45, 7) is 0. The van der Waals surface area contributed by atoms with E-state index in [0.29, 0.717) is 0 Å². The van der Waals surface area contributed by atoms with Gasteiger partial charge in [-0.15, -0.1) is 0 Å². The molecule has 0 amide bonds. The van der Waals surface area contributed by atoms with Gasteiger partial charge in [-0.1, -0.05) is 60.7 Å². The first-order valence-corrected chi connectivity index (χ1v) is 6.83. The molecule has 88 valence electrons. The van der Waals surface area contributed by atoms with Gasteiger partial charge in [0.05, 0.1) is 6.10 Å². The maximum Gasteiger partial charge on any atom is 0.146 e. The van der Waals surface area contributed by atoms with E-state index in [1.54, 1.807) is 0 Å². The highest BCUT2D eigenvalue weighted by Gasteiger charge is 2.08. The van der Waals surface area contributed by atoms with Gasteiger partial charge in [-0.3, -0.25) is 0 Å². The minimum atomic E-state index is 0.253. The van der Waals surface area contributed by atoms with E-state index in [9.17, 15) is 0 Å². The summed E-state index contributed by atoms with van der Waals surface area (Å²) in [5.41, 5.74) is 2.67. The Morgan fingerprint density at radius 2 is 1.47 bits per heavy atom. The Morgan fingerprint density at radius 3 is 2.06 bits per heavy atom. The van der Waals surface area contributed by atoms with E-state index in [1.165, 1.54) is 11.1 Å². The van der Waals surface area contributed by atoms with Crippen molar-refractivity contribution < 1.29 is 4.43 Å². The van der Waals surface area contributed by atoms with Crippen LogP contribution in [0.2, 0.25) is 0 Å². The van der Waals surface area contributed by atoms with Crippen LogP contribution in [0.3, 0.4) is 0 Å². The summed E-state index contributed by atoms with van der Waals surface area (Å²) in [6.07, 6.45) is 2.38. The smallest absolute Gasteiger partial charge is 0.146 e. The topological polar surface area (TPSA) is 9.23 Å². The average molecular weight is 242 g/mol. The molecule has 0 saturated heterocycles. The minimum absolute atomic E-state index is 0.253. The van der Waals surface area contributed by atoms with E-state index in [2.05, 4.69) is 54.6 Å². The van der Waals surface area contributed by atoms with Crippen molar-refractivity contribution >= 4 is 10.5 Å². The van der Waals surface area contributed by atoms with Gasteiger partial charge in [-0.25, -0.2) is 0 Å². The fraction of sp³-hybridized carbons (Fsp3) is 0.200. The Balaban J connectivity index is 1.97. The van der Waals surface area contributed by atoms with Crippen molar-refractivity contribution in [1.82, 2.24) is 0 Å². The summed E-state index contributed by atoms with van der Waals surface area (Å²) < 4.78 is 5.70. The Bertz CT molecular complexity index is 427. The van der Waals surface area contributed by atoms with Crippen molar-refractivity contribution in [2.24, 2.45) is 0 Å². The molecule has 0 spiro atoms. The number of aryl methyl sites for hydroxylation is 1. The van der Waals surface area contributed by atoms with Crippen LogP contribution in [-0.4, -0.2) is 10.5 Å². The van der Waals surface area contributed by atoms with E-state index in [0.717, 1.165) is 23.3 Å². The highest BCUT2D eigenvalue weighted by Crippen LogP contribution is 2.21. The number of hydrogen-bond donors (Lipinski definition) is 0. The average Bonchev–Trinajstić information content (AvgIpc) is 2.42. The van der Waals surface area contributed by atoms with Crippen LogP contribution in [0.25, 0.3) is 0 Å². The third kappa shape index (κ3) is 3.55. The van der Waals surface area contributed by atoms with Crippen LogP contribution in [-0.2, 0) is 10.8 Å². The standard InChI is InChI=1S/C15H18OSi/c17-16-15(14-9-5-2-6-10-14)12-11-13-7-3-1-4-8-13/h1-10,15H,11-12H2,17H3. The van der Waals surface area contributed by atoms with Crippen LogP contribution >= 0.6 is 0 Å². The molecule has 0 N–H and O–H groups in total. The molecule has 2 rings (SSSR count). The molecular weight excluding hydrogens is 224 g/mol. The summed E-state index contributed by atoms with van der Waals surface area (Å²) in [7, 11) is 0.784. The molecule has 0 aliphatic carbocycles. The lowest BCUT2D eigenvalue weighted by Gasteiger charge is -2.16. The second-order valence-electron chi connectivity index (χ2n) is 4.16. The van der Waals surface area contributed by atoms with Crippen molar-refractivity contribution in [3.8, 4) is 0 Å². The molecule has 2 aromatic carbocycles. The molecule has 0 saturated carbocycles. The summed E-state index contributed by atoms with van der Waals surface area (Å²) in [6, 6.07) is 21.1. The van der Waals surface area contributed by atoms with Gasteiger partial charge in [0.15, 0.2) is 0 Å². The van der Waals surface area contributed by atoms with Crippen molar-refractivity contribution in [2.45, 2.75) is 18.9 Å². The highest BCUT2D eigenvalue weighted by molar-refractivity contribution is 5.98. The number of rotatable bonds is 5. The van der Waals surface area contributed by atoms with E-state index in [1.807, 2.05) is 6.07 Å². The van der Waals surface area contributed by atoms with Crippen LogP contribution in [0.1, 0.15) is 23.7 Å². The fourth-order valence-electron chi connectivity index (χ4n) is 2.03. The van der Waals surface area contributed by atoms with Gasteiger partial charge >= 0.3 is 0 Å².